The van der Waals surface area contributed by atoms with Crippen LogP contribution in [0.2, 0.25) is 0 Å². The van der Waals surface area contributed by atoms with Crippen molar-refractivity contribution in [2.45, 2.75) is 196 Å². The molecule has 0 aliphatic carbocycles. The Morgan fingerprint density at radius 3 is 0.854 bits per heavy atom. The van der Waals surface area contributed by atoms with Crippen molar-refractivity contribution in [3.8, 4) is 0 Å². The van der Waals surface area contributed by atoms with Crippen molar-refractivity contribution < 1.29 is 17.5 Å². The first-order valence-electron chi connectivity index (χ1n) is 17.3. The van der Waals surface area contributed by atoms with Crippen LogP contribution in [0.3, 0.4) is 0 Å². The molecule has 0 aromatic carbocycles. The van der Waals surface area contributed by atoms with E-state index in [-0.39, 0.29) is 0 Å². The summed E-state index contributed by atoms with van der Waals surface area (Å²) in [6.07, 6.45) is 33.5. The highest BCUT2D eigenvalue weighted by Crippen LogP contribution is 2.30. The largest absolute Gasteiger partial charge is 0.394 e. The molecule has 0 aromatic heterocycles. The summed E-state index contributed by atoms with van der Waals surface area (Å²) in [7, 11) is -4.67. The first-order valence-corrected chi connectivity index (χ1v) is 18.7. The monoisotopic (exact) mass is 609 g/mol. The summed E-state index contributed by atoms with van der Waals surface area (Å²) in [6, 6.07) is 0. The van der Waals surface area contributed by atoms with E-state index in [0.29, 0.717) is 10.8 Å². The Morgan fingerprint density at radius 2 is 0.634 bits per heavy atom. The lowest BCUT2D eigenvalue weighted by Crippen LogP contribution is -2.13. The van der Waals surface area contributed by atoms with Gasteiger partial charge in [-0.1, -0.05) is 157 Å². The van der Waals surface area contributed by atoms with Crippen LogP contribution in [0.4, 0.5) is 0 Å². The lowest BCUT2D eigenvalue weighted by atomic mass is 9.82. The van der Waals surface area contributed by atoms with E-state index in [2.05, 4.69) is 41.5 Å². The molecule has 0 radical (unpaired) electrons. The Labute approximate surface area is 258 Å². The predicted molar refractivity (Wildman–Crippen MR) is 182 cm³/mol. The van der Waals surface area contributed by atoms with Crippen LogP contribution >= 0.6 is 0 Å². The molecule has 0 bridgehead atoms. The maximum atomic E-state index is 8.74. The van der Waals surface area contributed by atoms with Crippen molar-refractivity contribution in [3.05, 3.63) is 0 Å². The number of unbranched alkanes of at least 4 members (excludes halogenated alkanes) is 16. The van der Waals surface area contributed by atoms with Crippen LogP contribution in [-0.4, -0.2) is 30.6 Å². The third-order valence-electron chi connectivity index (χ3n) is 8.03. The Kier molecular flexibility index (Phi) is 34.4. The van der Waals surface area contributed by atoms with Crippen LogP contribution in [0, 0.1) is 10.8 Å². The molecule has 252 valence electrons. The van der Waals surface area contributed by atoms with Gasteiger partial charge < -0.3 is 11.5 Å². The number of hydrogen-bond acceptors (Lipinski definition) is 4. The summed E-state index contributed by atoms with van der Waals surface area (Å²) in [4.78, 5) is 0. The number of rotatable bonds is 26. The van der Waals surface area contributed by atoms with Gasteiger partial charge in [-0.3, -0.25) is 9.11 Å². The molecule has 0 rings (SSSR count). The third-order valence-corrected chi connectivity index (χ3v) is 8.03. The Hall–Kier alpha value is -0.210. The second-order valence-electron chi connectivity index (χ2n) is 13.7. The average Bonchev–Trinajstić information content (AvgIpc) is 2.88. The van der Waals surface area contributed by atoms with E-state index in [0.717, 1.165) is 13.1 Å². The summed E-state index contributed by atoms with van der Waals surface area (Å²) in [5, 5.41) is 0. The lowest BCUT2D eigenvalue weighted by Gasteiger charge is -2.24. The molecule has 0 saturated heterocycles. The summed E-state index contributed by atoms with van der Waals surface area (Å²) in [5.41, 5.74) is 12.2. The fourth-order valence-corrected chi connectivity index (χ4v) is 5.24. The highest BCUT2D eigenvalue weighted by Gasteiger charge is 2.16. The Morgan fingerprint density at radius 1 is 0.439 bits per heavy atom. The number of hydrogen-bond donors (Lipinski definition) is 4. The zero-order valence-corrected chi connectivity index (χ0v) is 29.5. The van der Waals surface area contributed by atoms with Crippen molar-refractivity contribution in [2.75, 3.05) is 13.1 Å². The predicted octanol–water partition coefficient (Wildman–Crippen LogP) is 10.7. The third kappa shape index (κ3) is 49.8. The lowest BCUT2D eigenvalue weighted by molar-refractivity contribution is 0.288. The van der Waals surface area contributed by atoms with Crippen LogP contribution in [0.25, 0.3) is 0 Å². The van der Waals surface area contributed by atoms with E-state index in [1.54, 1.807) is 0 Å². The highest BCUT2D eigenvalue weighted by molar-refractivity contribution is 7.79. The van der Waals surface area contributed by atoms with Gasteiger partial charge in [0.2, 0.25) is 0 Å². The molecule has 0 atom stereocenters. The van der Waals surface area contributed by atoms with Crippen LogP contribution < -0.4 is 11.5 Å². The molecule has 0 aliphatic rings. The molecule has 6 nitrogen and oxygen atoms in total. The minimum absolute atomic E-state index is 0.514. The maximum absolute atomic E-state index is 8.74. The summed E-state index contributed by atoms with van der Waals surface area (Å²) in [5.74, 6) is 0. The van der Waals surface area contributed by atoms with Crippen molar-refractivity contribution in [1.82, 2.24) is 0 Å². The molecule has 0 unspecified atom stereocenters. The van der Waals surface area contributed by atoms with E-state index in [1.165, 1.54) is 154 Å². The van der Waals surface area contributed by atoms with Crippen LogP contribution in [0.5, 0.6) is 0 Å². The zero-order chi connectivity index (χ0) is 31.9. The van der Waals surface area contributed by atoms with Crippen LogP contribution in [-0.2, 0) is 10.4 Å². The van der Waals surface area contributed by atoms with Crippen molar-refractivity contribution in [3.63, 3.8) is 0 Å². The molecule has 0 spiro atoms. The highest BCUT2D eigenvalue weighted by atomic mass is 32.3. The fraction of sp³-hybridized carbons (Fsp3) is 1.00. The topological polar surface area (TPSA) is 127 Å². The van der Waals surface area contributed by atoms with E-state index in [4.69, 9.17) is 29.0 Å². The molecule has 7 heteroatoms. The van der Waals surface area contributed by atoms with E-state index < -0.39 is 10.4 Å². The Bertz CT molecular complexity index is 564. The summed E-state index contributed by atoms with van der Waals surface area (Å²) < 4.78 is 31.6. The molecule has 0 saturated carbocycles. The van der Waals surface area contributed by atoms with Crippen molar-refractivity contribution >= 4 is 10.4 Å². The fourth-order valence-electron chi connectivity index (χ4n) is 5.24. The molecule has 0 aromatic rings. The van der Waals surface area contributed by atoms with E-state index in [1.807, 2.05) is 0 Å². The van der Waals surface area contributed by atoms with Gasteiger partial charge in [0.1, 0.15) is 0 Å². The second-order valence-corrected chi connectivity index (χ2v) is 14.6. The number of nitrogens with two attached hydrogens (primary N) is 2. The second kappa shape index (κ2) is 31.2. The smallest absolute Gasteiger partial charge is 0.330 e. The quantitative estimate of drug-likeness (QED) is 0.0571. The van der Waals surface area contributed by atoms with Crippen molar-refractivity contribution in [1.29, 1.82) is 0 Å². The molecule has 0 amide bonds. The van der Waals surface area contributed by atoms with Gasteiger partial charge in [0.15, 0.2) is 0 Å². The van der Waals surface area contributed by atoms with Gasteiger partial charge in [0.05, 0.1) is 0 Å². The van der Waals surface area contributed by atoms with E-state index in [9.17, 15) is 0 Å². The van der Waals surface area contributed by atoms with Gasteiger partial charge in [-0.2, -0.15) is 8.42 Å². The summed E-state index contributed by atoms with van der Waals surface area (Å²) >= 11 is 0. The maximum Gasteiger partial charge on any atom is 0.394 e. The average molecular weight is 609 g/mol. The van der Waals surface area contributed by atoms with Gasteiger partial charge in [0.25, 0.3) is 0 Å². The first kappa shape index (κ1) is 45.2. The molecule has 0 fully saturated rings. The molecule has 0 aliphatic heterocycles. The normalized spacial score (nSPS) is 12.0. The van der Waals surface area contributed by atoms with Gasteiger partial charge in [-0.15, -0.1) is 0 Å². The Balaban J connectivity index is -0.000000604. The standard InChI is InChI=1S/2C17H37N.H2O4S/c2*1-4-5-6-7-8-9-10-11-12-14-17(2,3)15-13-16-18;1-5(2,3)4/h2*4-16,18H2,1-3H3;(H2,1,2,3,4). The van der Waals surface area contributed by atoms with Crippen LogP contribution in [0.1, 0.15) is 196 Å². The SMILES string of the molecule is CCCCCCCCCCCC(C)(C)CCCN.CCCCCCCCCCCC(C)(C)CCCN.O=S(=O)(O)O. The minimum atomic E-state index is -4.67. The van der Waals surface area contributed by atoms with Crippen molar-refractivity contribution in [2.24, 2.45) is 22.3 Å². The molecular weight excluding hydrogens is 532 g/mol. The van der Waals surface area contributed by atoms with Gasteiger partial charge in [-0.05, 0) is 62.4 Å². The minimum Gasteiger partial charge on any atom is -0.330 e. The zero-order valence-electron chi connectivity index (χ0n) is 28.7. The van der Waals surface area contributed by atoms with Gasteiger partial charge in [-0.25, -0.2) is 0 Å². The van der Waals surface area contributed by atoms with E-state index >= 15 is 0 Å². The molecule has 0 heterocycles. The van der Waals surface area contributed by atoms with Gasteiger partial charge in [0, 0.05) is 0 Å². The molecular formula is C34H76N2O4S. The molecule has 6 N–H and O–H groups in total. The van der Waals surface area contributed by atoms with Crippen LogP contribution in [0.15, 0.2) is 0 Å². The molecule has 41 heavy (non-hydrogen) atoms. The summed E-state index contributed by atoms with van der Waals surface area (Å²) in [6.45, 7) is 15.9. The van der Waals surface area contributed by atoms with Gasteiger partial charge >= 0.3 is 10.4 Å². The first-order chi connectivity index (χ1) is 19.2.